The van der Waals surface area contributed by atoms with Gasteiger partial charge in [-0.15, -0.1) is 0 Å². The number of ether oxygens (including phenoxy) is 3. The maximum Gasteiger partial charge on any atom is 0.355 e. The highest BCUT2D eigenvalue weighted by Gasteiger charge is 2.36. The van der Waals surface area contributed by atoms with E-state index in [1.54, 1.807) is 25.1 Å². The summed E-state index contributed by atoms with van der Waals surface area (Å²) in [5.74, 6) is -2.45. The Morgan fingerprint density at radius 3 is 2.12 bits per heavy atom. The lowest BCUT2D eigenvalue weighted by Crippen LogP contribution is -2.15. The maximum atomic E-state index is 13.0. The predicted molar refractivity (Wildman–Crippen MR) is 118 cm³/mol. The average Bonchev–Trinajstić information content (AvgIpc) is 3.34. The van der Waals surface area contributed by atoms with Crippen LogP contribution in [-0.2, 0) is 14.2 Å². The number of halogens is 1. The fraction of sp³-hybridized carbons (Fsp3) is 0.227. The van der Waals surface area contributed by atoms with Gasteiger partial charge in [-0.2, -0.15) is 5.10 Å². The summed E-state index contributed by atoms with van der Waals surface area (Å²) in [6.45, 7) is 3.62. The maximum absolute atomic E-state index is 13.0. The molecule has 0 N–H and O–H groups in total. The van der Waals surface area contributed by atoms with Crippen LogP contribution in [-0.4, -0.2) is 58.4 Å². The van der Waals surface area contributed by atoms with Crippen molar-refractivity contribution in [3.63, 3.8) is 0 Å². The fourth-order valence-electron chi connectivity index (χ4n) is 3.84. The number of carbonyl (C=O) groups is 3. The Bertz CT molecular complexity index is 1470. The Labute approximate surface area is 192 Å². The van der Waals surface area contributed by atoms with Gasteiger partial charge < -0.3 is 14.2 Å². The molecule has 0 atom stereocenters. The van der Waals surface area contributed by atoms with Crippen LogP contribution in [0.5, 0.6) is 0 Å². The number of benzene rings is 1. The van der Waals surface area contributed by atoms with Gasteiger partial charge in [-0.3, -0.25) is 4.40 Å². The van der Waals surface area contributed by atoms with E-state index in [9.17, 15) is 14.4 Å². The molecule has 0 aliphatic carbocycles. The first kappa shape index (κ1) is 22.3. The molecule has 0 bridgehead atoms. The number of hydrogen-bond acceptors (Lipinski definition) is 8. The molecule has 10 nitrogen and oxygen atoms in total. The molecule has 1 aromatic carbocycles. The second kappa shape index (κ2) is 8.21. The van der Waals surface area contributed by atoms with Crippen LogP contribution in [0.4, 0.5) is 0 Å². The van der Waals surface area contributed by atoms with Crippen molar-refractivity contribution in [2.24, 2.45) is 0 Å². The lowest BCUT2D eigenvalue weighted by atomic mass is 10.1. The normalized spacial score (nSPS) is 11.1. The fourth-order valence-corrected chi connectivity index (χ4v) is 4.01. The van der Waals surface area contributed by atoms with Crippen molar-refractivity contribution in [2.45, 2.75) is 13.8 Å². The van der Waals surface area contributed by atoms with Crippen LogP contribution in [0.25, 0.3) is 22.4 Å². The first-order valence-corrected chi connectivity index (χ1v) is 10.1. The van der Waals surface area contributed by atoms with E-state index in [-0.39, 0.29) is 28.2 Å². The van der Waals surface area contributed by atoms with Gasteiger partial charge in [0.05, 0.1) is 38.1 Å². The lowest BCUT2D eigenvalue weighted by molar-refractivity contribution is 0.0536. The zero-order chi connectivity index (χ0) is 24.0. The van der Waals surface area contributed by atoms with E-state index in [1.807, 2.05) is 13.0 Å². The van der Waals surface area contributed by atoms with Crippen LogP contribution in [0.15, 0.2) is 24.3 Å². The van der Waals surface area contributed by atoms with Crippen LogP contribution >= 0.6 is 11.6 Å². The SMILES string of the molecule is COC(=O)c1c(C(=O)OC)c2c(-n3nc(C)cc3C)nc3ccc(Cl)cc3n2c1C(=O)OC. The molecule has 0 amide bonds. The van der Waals surface area contributed by atoms with Gasteiger partial charge in [-0.1, -0.05) is 11.6 Å². The van der Waals surface area contributed by atoms with Crippen LogP contribution in [0.2, 0.25) is 5.02 Å². The van der Waals surface area contributed by atoms with Gasteiger partial charge in [0.2, 0.25) is 0 Å². The Balaban J connectivity index is 2.38. The third-order valence-corrected chi connectivity index (χ3v) is 5.39. The van der Waals surface area contributed by atoms with E-state index in [0.29, 0.717) is 27.4 Å². The van der Waals surface area contributed by atoms with Crippen molar-refractivity contribution in [2.75, 3.05) is 21.3 Å². The molecule has 0 saturated heterocycles. The van der Waals surface area contributed by atoms with E-state index >= 15 is 0 Å². The van der Waals surface area contributed by atoms with E-state index < -0.39 is 17.9 Å². The van der Waals surface area contributed by atoms with Crippen molar-refractivity contribution in [1.29, 1.82) is 0 Å². The van der Waals surface area contributed by atoms with Crippen molar-refractivity contribution in [3.8, 4) is 5.82 Å². The lowest BCUT2D eigenvalue weighted by Gasteiger charge is -2.12. The van der Waals surface area contributed by atoms with E-state index in [2.05, 4.69) is 5.10 Å². The quantitative estimate of drug-likeness (QED) is 0.329. The zero-order valence-electron chi connectivity index (χ0n) is 18.4. The third kappa shape index (κ3) is 3.39. The molecule has 170 valence electrons. The number of aromatic nitrogens is 4. The minimum Gasteiger partial charge on any atom is -0.465 e. The molecular weight excluding hydrogens is 452 g/mol. The van der Waals surface area contributed by atoms with E-state index in [0.717, 1.165) is 7.11 Å². The first-order valence-electron chi connectivity index (χ1n) is 9.69. The van der Waals surface area contributed by atoms with Crippen molar-refractivity contribution in [1.82, 2.24) is 19.2 Å². The number of fused-ring (bicyclic) bond motifs is 3. The summed E-state index contributed by atoms with van der Waals surface area (Å²) in [7, 11) is 3.47. The summed E-state index contributed by atoms with van der Waals surface area (Å²) < 4.78 is 17.8. The molecule has 0 aliphatic heterocycles. The summed E-state index contributed by atoms with van der Waals surface area (Å²) in [6, 6.07) is 6.68. The van der Waals surface area contributed by atoms with Gasteiger partial charge in [0, 0.05) is 10.7 Å². The number of rotatable bonds is 4. The molecule has 33 heavy (non-hydrogen) atoms. The van der Waals surface area contributed by atoms with Crippen molar-refractivity contribution >= 4 is 46.1 Å². The largest absolute Gasteiger partial charge is 0.465 e. The Kier molecular flexibility index (Phi) is 5.54. The molecule has 3 heterocycles. The van der Waals surface area contributed by atoms with E-state index in [4.69, 9.17) is 30.8 Å². The molecule has 0 fully saturated rings. The summed E-state index contributed by atoms with van der Waals surface area (Å²) >= 11 is 6.24. The Hall–Kier alpha value is -3.92. The molecule has 0 spiro atoms. The first-order chi connectivity index (χ1) is 15.7. The highest BCUT2D eigenvalue weighted by Crippen LogP contribution is 2.34. The Morgan fingerprint density at radius 1 is 0.909 bits per heavy atom. The van der Waals surface area contributed by atoms with Gasteiger partial charge in [0.25, 0.3) is 0 Å². The van der Waals surface area contributed by atoms with Gasteiger partial charge in [0.15, 0.2) is 5.82 Å². The van der Waals surface area contributed by atoms with Gasteiger partial charge in [-0.05, 0) is 38.1 Å². The summed E-state index contributed by atoms with van der Waals surface area (Å²) in [6.07, 6.45) is 0. The monoisotopic (exact) mass is 470 g/mol. The zero-order valence-corrected chi connectivity index (χ0v) is 19.2. The number of aryl methyl sites for hydroxylation is 2. The minimum atomic E-state index is -0.922. The van der Waals surface area contributed by atoms with Gasteiger partial charge >= 0.3 is 17.9 Å². The number of carbonyl (C=O) groups excluding carboxylic acids is 3. The van der Waals surface area contributed by atoms with E-state index in [1.165, 1.54) is 23.3 Å². The highest BCUT2D eigenvalue weighted by molar-refractivity contribution is 6.31. The molecule has 0 aliphatic rings. The molecular formula is C22H19ClN4O6. The van der Waals surface area contributed by atoms with Gasteiger partial charge in [0.1, 0.15) is 22.3 Å². The highest BCUT2D eigenvalue weighted by atomic mass is 35.5. The number of hydrogen-bond donors (Lipinski definition) is 0. The van der Waals surface area contributed by atoms with Gasteiger partial charge in [-0.25, -0.2) is 24.0 Å². The van der Waals surface area contributed by atoms with Crippen molar-refractivity contribution in [3.05, 3.63) is 57.5 Å². The van der Waals surface area contributed by atoms with Crippen LogP contribution < -0.4 is 0 Å². The summed E-state index contributed by atoms with van der Waals surface area (Å²) in [5.41, 5.74) is 1.59. The molecule has 4 rings (SSSR count). The number of esters is 3. The van der Waals surface area contributed by atoms with Crippen LogP contribution in [0, 0.1) is 13.8 Å². The molecule has 0 unspecified atom stereocenters. The minimum absolute atomic E-state index is 0.114. The molecule has 11 heteroatoms. The molecule has 4 aromatic rings. The molecule has 0 saturated carbocycles. The third-order valence-electron chi connectivity index (χ3n) is 5.16. The molecule has 3 aromatic heterocycles. The smallest absolute Gasteiger partial charge is 0.355 e. The number of nitrogens with zero attached hydrogens (tertiary/aromatic N) is 4. The summed E-state index contributed by atoms with van der Waals surface area (Å²) in [4.78, 5) is 43.5. The molecule has 0 radical (unpaired) electrons. The Morgan fingerprint density at radius 2 is 1.55 bits per heavy atom. The topological polar surface area (TPSA) is 114 Å². The predicted octanol–water partition coefficient (Wildman–Crippen LogP) is 3.30. The second-order valence-electron chi connectivity index (χ2n) is 7.16. The van der Waals surface area contributed by atoms with Crippen LogP contribution in [0.3, 0.4) is 0 Å². The van der Waals surface area contributed by atoms with Crippen molar-refractivity contribution < 1.29 is 28.6 Å². The standard InChI is InChI=1S/C22H19ClN4O6/c1-10-8-11(2)27(25-10)19-17-15(20(28)31-3)16(21(29)32-4)18(22(30)33-5)26(17)14-9-12(23)6-7-13(14)24-19/h6-9H,1-5H3. The average molecular weight is 471 g/mol. The summed E-state index contributed by atoms with van der Waals surface area (Å²) in [5, 5.41) is 4.84. The van der Waals surface area contributed by atoms with Crippen LogP contribution in [0.1, 0.15) is 42.6 Å². The second-order valence-corrected chi connectivity index (χ2v) is 7.60. The number of methoxy groups -OCH3 is 3.